The minimum Gasteiger partial charge on any atom is -0.493 e. The Morgan fingerprint density at radius 1 is 1.15 bits per heavy atom. The normalized spacial score (nSPS) is 11.3. The third-order valence-electron chi connectivity index (χ3n) is 4.87. The molecular weight excluding hydrogens is 557 g/mol. The zero-order valence-corrected chi connectivity index (χ0v) is 20.9. The predicted octanol–water partition coefficient (Wildman–Crippen LogP) is 5.84. The largest absolute Gasteiger partial charge is 0.493 e. The number of aryl methyl sites for hydroxylation is 1. The van der Waals surface area contributed by atoms with E-state index in [1.165, 1.54) is 24.1 Å². The summed E-state index contributed by atoms with van der Waals surface area (Å²) in [6.45, 7) is 1.76. The van der Waals surface area contributed by atoms with Gasteiger partial charge in [0.2, 0.25) is 0 Å². The molecular formula is C24H18Br2FN3O3. The Balaban J connectivity index is 1.65. The molecule has 168 valence electrons. The summed E-state index contributed by atoms with van der Waals surface area (Å²) in [5.41, 5.74) is 1.43. The van der Waals surface area contributed by atoms with Gasteiger partial charge in [0.25, 0.3) is 5.56 Å². The number of halogens is 3. The molecule has 1 aromatic heterocycles. The van der Waals surface area contributed by atoms with E-state index in [0.717, 1.165) is 4.47 Å². The van der Waals surface area contributed by atoms with Gasteiger partial charge in [-0.25, -0.2) is 9.37 Å². The molecule has 0 N–H and O–H groups in total. The molecule has 0 aliphatic heterocycles. The smallest absolute Gasteiger partial charge is 0.282 e. The molecule has 0 bridgehead atoms. The van der Waals surface area contributed by atoms with E-state index < -0.39 is 0 Å². The first kappa shape index (κ1) is 23.1. The number of benzene rings is 3. The summed E-state index contributed by atoms with van der Waals surface area (Å²) >= 11 is 6.86. The lowest BCUT2D eigenvalue weighted by Crippen LogP contribution is -2.20. The summed E-state index contributed by atoms with van der Waals surface area (Å²) in [7, 11) is 1.51. The quantitative estimate of drug-likeness (QED) is 0.271. The van der Waals surface area contributed by atoms with E-state index >= 15 is 0 Å². The lowest BCUT2D eigenvalue weighted by atomic mass is 10.2. The Labute approximate surface area is 205 Å². The molecule has 0 amide bonds. The van der Waals surface area contributed by atoms with Crippen LogP contribution in [0.5, 0.6) is 11.5 Å². The molecule has 4 aromatic rings. The maximum atomic E-state index is 13.9. The molecule has 4 rings (SSSR count). The second-order valence-electron chi connectivity index (χ2n) is 7.10. The standard InChI is InChI=1S/C24H18Br2FN3O3/c1-14-29-21-8-7-17(25)11-18(21)24(31)30(14)28-12-15-9-19(26)23(22(10-15)32-2)33-13-16-5-3-4-6-20(16)27/h3-12H,13H2,1-2H3. The van der Waals surface area contributed by atoms with Crippen molar-refractivity contribution in [3.05, 3.63) is 96.7 Å². The van der Waals surface area contributed by atoms with Crippen molar-refractivity contribution in [2.45, 2.75) is 13.5 Å². The highest BCUT2D eigenvalue weighted by atomic mass is 79.9. The first-order valence-corrected chi connectivity index (χ1v) is 11.4. The number of aromatic nitrogens is 2. The van der Waals surface area contributed by atoms with E-state index in [2.05, 4.69) is 41.9 Å². The summed E-state index contributed by atoms with van der Waals surface area (Å²) in [5.74, 6) is 0.991. The molecule has 0 aliphatic rings. The van der Waals surface area contributed by atoms with Crippen LogP contribution in [0, 0.1) is 12.7 Å². The molecule has 6 nitrogen and oxygen atoms in total. The van der Waals surface area contributed by atoms with Crippen LogP contribution in [0.1, 0.15) is 17.0 Å². The molecule has 3 aromatic carbocycles. The van der Waals surface area contributed by atoms with Crippen LogP contribution in [-0.4, -0.2) is 23.0 Å². The number of fused-ring (bicyclic) bond motifs is 1. The van der Waals surface area contributed by atoms with E-state index in [-0.39, 0.29) is 18.0 Å². The van der Waals surface area contributed by atoms with Crippen molar-refractivity contribution in [1.82, 2.24) is 9.66 Å². The SMILES string of the molecule is COc1cc(C=Nn2c(C)nc3ccc(Br)cc3c2=O)cc(Br)c1OCc1ccccc1F. The molecule has 0 saturated heterocycles. The van der Waals surface area contributed by atoms with Gasteiger partial charge in [0.15, 0.2) is 11.5 Å². The molecule has 9 heteroatoms. The van der Waals surface area contributed by atoms with Crippen molar-refractivity contribution in [1.29, 1.82) is 0 Å². The summed E-state index contributed by atoms with van der Waals surface area (Å²) in [6.07, 6.45) is 1.54. The van der Waals surface area contributed by atoms with Crippen LogP contribution < -0.4 is 15.0 Å². The van der Waals surface area contributed by atoms with Crippen molar-refractivity contribution in [2.24, 2.45) is 5.10 Å². The van der Waals surface area contributed by atoms with E-state index in [1.54, 1.807) is 49.4 Å². The average Bonchev–Trinajstić information content (AvgIpc) is 2.79. The zero-order valence-electron chi connectivity index (χ0n) is 17.7. The summed E-state index contributed by atoms with van der Waals surface area (Å²) in [4.78, 5) is 17.4. The second-order valence-corrected chi connectivity index (χ2v) is 8.87. The monoisotopic (exact) mass is 573 g/mol. The highest BCUT2D eigenvalue weighted by Crippen LogP contribution is 2.37. The minimum atomic E-state index is -0.340. The number of rotatable bonds is 6. The topological polar surface area (TPSA) is 65.7 Å². The second kappa shape index (κ2) is 9.84. The number of hydrogen-bond acceptors (Lipinski definition) is 5. The number of hydrogen-bond donors (Lipinski definition) is 0. The Bertz CT molecular complexity index is 1440. The summed E-state index contributed by atoms with van der Waals surface area (Å²) in [6, 6.07) is 15.2. The van der Waals surface area contributed by atoms with Crippen molar-refractivity contribution >= 4 is 49.0 Å². The van der Waals surface area contributed by atoms with E-state index in [1.807, 2.05) is 6.07 Å². The van der Waals surface area contributed by atoms with Crippen LogP contribution in [0.4, 0.5) is 4.39 Å². The number of nitrogens with zero attached hydrogens (tertiary/aromatic N) is 3. The Morgan fingerprint density at radius 3 is 2.70 bits per heavy atom. The molecule has 0 spiro atoms. The van der Waals surface area contributed by atoms with Crippen LogP contribution in [0.15, 0.2) is 73.4 Å². The maximum absolute atomic E-state index is 13.9. The molecule has 1 heterocycles. The fraction of sp³-hybridized carbons (Fsp3) is 0.125. The fourth-order valence-electron chi connectivity index (χ4n) is 3.24. The third kappa shape index (κ3) is 4.99. The van der Waals surface area contributed by atoms with Gasteiger partial charge in [0.1, 0.15) is 18.2 Å². The lowest BCUT2D eigenvalue weighted by molar-refractivity contribution is 0.278. The molecule has 0 unspecified atom stereocenters. The van der Waals surface area contributed by atoms with E-state index in [0.29, 0.717) is 43.8 Å². The minimum absolute atomic E-state index is 0.0436. The van der Waals surface area contributed by atoms with Crippen LogP contribution >= 0.6 is 31.9 Å². The molecule has 0 aliphatic carbocycles. The van der Waals surface area contributed by atoms with Crippen molar-refractivity contribution in [3.8, 4) is 11.5 Å². The van der Waals surface area contributed by atoms with Gasteiger partial charge in [-0.3, -0.25) is 4.79 Å². The van der Waals surface area contributed by atoms with Gasteiger partial charge in [-0.2, -0.15) is 9.78 Å². The van der Waals surface area contributed by atoms with E-state index in [9.17, 15) is 9.18 Å². The van der Waals surface area contributed by atoms with Crippen molar-refractivity contribution in [2.75, 3.05) is 7.11 Å². The van der Waals surface area contributed by atoms with Gasteiger partial charge in [0, 0.05) is 10.0 Å². The highest BCUT2D eigenvalue weighted by molar-refractivity contribution is 9.10. The van der Waals surface area contributed by atoms with Crippen LogP contribution in [0.25, 0.3) is 10.9 Å². The molecule has 0 fully saturated rings. The summed E-state index contributed by atoms with van der Waals surface area (Å²) < 4.78 is 27.8. The van der Waals surface area contributed by atoms with Crippen molar-refractivity contribution < 1.29 is 13.9 Å². The van der Waals surface area contributed by atoms with Crippen LogP contribution in [0.2, 0.25) is 0 Å². The van der Waals surface area contributed by atoms with Gasteiger partial charge in [0.05, 0.1) is 28.7 Å². The van der Waals surface area contributed by atoms with Gasteiger partial charge < -0.3 is 9.47 Å². The van der Waals surface area contributed by atoms with Gasteiger partial charge >= 0.3 is 0 Å². The average molecular weight is 575 g/mol. The number of methoxy groups -OCH3 is 1. The van der Waals surface area contributed by atoms with Gasteiger partial charge in [-0.1, -0.05) is 34.1 Å². The van der Waals surface area contributed by atoms with Crippen LogP contribution in [0.3, 0.4) is 0 Å². The molecule has 0 radical (unpaired) electrons. The zero-order chi connectivity index (χ0) is 23.5. The van der Waals surface area contributed by atoms with Gasteiger partial charge in [-0.15, -0.1) is 0 Å². The van der Waals surface area contributed by atoms with E-state index in [4.69, 9.17) is 9.47 Å². The Hall–Kier alpha value is -3.04. The fourth-order valence-corrected chi connectivity index (χ4v) is 4.18. The maximum Gasteiger partial charge on any atom is 0.282 e. The Morgan fingerprint density at radius 2 is 1.94 bits per heavy atom. The highest BCUT2D eigenvalue weighted by Gasteiger charge is 2.13. The Kier molecular flexibility index (Phi) is 6.90. The van der Waals surface area contributed by atoms with Gasteiger partial charge in [-0.05, 0) is 64.8 Å². The third-order valence-corrected chi connectivity index (χ3v) is 5.96. The molecule has 0 atom stereocenters. The van der Waals surface area contributed by atoms with Crippen molar-refractivity contribution in [3.63, 3.8) is 0 Å². The summed E-state index contributed by atoms with van der Waals surface area (Å²) in [5, 5.41) is 4.80. The first-order chi connectivity index (χ1) is 15.9. The number of ether oxygens (including phenoxy) is 2. The van der Waals surface area contributed by atoms with Crippen LogP contribution in [-0.2, 0) is 6.61 Å². The molecule has 0 saturated carbocycles. The lowest BCUT2D eigenvalue weighted by Gasteiger charge is -2.14. The first-order valence-electron chi connectivity index (χ1n) is 9.84. The molecule has 33 heavy (non-hydrogen) atoms. The predicted molar refractivity (Wildman–Crippen MR) is 133 cm³/mol.